The lowest BCUT2D eigenvalue weighted by molar-refractivity contribution is -0.122. The number of rotatable bonds is 3. The van der Waals surface area contributed by atoms with Crippen LogP contribution in [0, 0.1) is 0 Å². The second-order valence-corrected chi connectivity index (χ2v) is 6.48. The van der Waals surface area contributed by atoms with E-state index in [1.165, 1.54) is 22.3 Å². The lowest BCUT2D eigenvalue weighted by Crippen LogP contribution is -2.46. The van der Waals surface area contributed by atoms with Crippen LogP contribution in [0.3, 0.4) is 0 Å². The highest BCUT2D eigenvalue weighted by atomic mass is 16.1. The van der Waals surface area contributed by atoms with Crippen molar-refractivity contribution in [2.45, 2.75) is 45.2 Å². The van der Waals surface area contributed by atoms with Gasteiger partial charge >= 0.3 is 0 Å². The van der Waals surface area contributed by atoms with E-state index in [9.17, 15) is 4.79 Å². The van der Waals surface area contributed by atoms with Crippen LogP contribution in [-0.2, 0) is 11.2 Å². The molecule has 2 aromatic carbocycles. The van der Waals surface area contributed by atoms with Crippen molar-refractivity contribution in [2.24, 2.45) is 0 Å². The Bertz CT molecular complexity index is 675. The van der Waals surface area contributed by atoms with Crippen LogP contribution >= 0.6 is 0 Å². The van der Waals surface area contributed by atoms with Crippen molar-refractivity contribution in [1.29, 1.82) is 0 Å². The molecule has 1 aliphatic carbocycles. The van der Waals surface area contributed by atoms with Crippen LogP contribution in [0.5, 0.6) is 0 Å². The van der Waals surface area contributed by atoms with Gasteiger partial charge in [-0.3, -0.25) is 4.79 Å². The van der Waals surface area contributed by atoms with Gasteiger partial charge in [0.1, 0.15) is 0 Å². The summed E-state index contributed by atoms with van der Waals surface area (Å²) >= 11 is 0. The summed E-state index contributed by atoms with van der Waals surface area (Å²) in [6.45, 7) is 6.21. The van der Waals surface area contributed by atoms with Gasteiger partial charge in [-0.05, 0) is 28.7 Å². The molecule has 22 heavy (non-hydrogen) atoms. The molecular weight excluding hydrogens is 270 g/mol. The topological polar surface area (TPSA) is 29.1 Å². The first-order valence-electron chi connectivity index (χ1n) is 8.04. The van der Waals surface area contributed by atoms with Gasteiger partial charge in [0.05, 0.1) is 6.04 Å². The predicted molar refractivity (Wildman–Crippen MR) is 91.1 cm³/mol. The molecule has 0 saturated heterocycles. The largest absolute Gasteiger partial charge is 0.305 e. The smallest absolute Gasteiger partial charge is 0.157 e. The fourth-order valence-corrected chi connectivity index (χ4v) is 3.31. The Morgan fingerprint density at radius 2 is 1.77 bits per heavy atom. The predicted octanol–water partition coefficient (Wildman–Crippen LogP) is 3.95. The zero-order chi connectivity index (χ0) is 15.7. The number of carbonyl (C=O) groups is 1. The highest BCUT2D eigenvalue weighted by molar-refractivity contribution is 5.93. The van der Waals surface area contributed by atoms with Gasteiger partial charge in [0.2, 0.25) is 0 Å². The van der Waals surface area contributed by atoms with Gasteiger partial charge < -0.3 is 5.32 Å². The van der Waals surface area contributed by atoms with E-state index in [2.05, 4.69) is 49.5 Å². The van der Waals surface area contributed by atoms with Crippen LogP contribution in [-0.4, -0.2) is 17.9 Å². The van der Waals surface area contributed by atoms with Gasteiger partial charge in [-0.25, -0.2) is 0 Å². The fraction of sp³-hybridized carbons (Fsp3) is 0.350. The molecule has 0 bridgehead atoms. The van der Waals surface area contributed by atoms with Crippen molar-refractivity contribution in [3.63, 3.8) is 0 Å². The number of ketones is 1. The normalized spacial score (nSPS) is 21.0. The lowest BCUT2D eigenvalue weighted by Gasteiger charge is -2.30. The highest BCUT2D eigenvalue weighted by Gasteiger charge is 2.32. The van der Waals surface area contributed by atoms with E-state index < -0.39 is 0 Å². The summed E-state index contributed by atoms with van der Waals surface area (Å²) in [6.07, 6.45) is 0.797. The monoisotopic (exact) mass is 293 g/mol. The summed E-state index contributed by atoms with van der Waals surface area (Å²) in [5, 5.41) is 3.40. The van der Waals surface area contributed by atoms with Crippen molar-refractivity contribution < 1.29 is 4.79 Å². The lowest BCUT2D eigenvalue weighted by atomic mass is 9.78. The van der Waals surface area contributed by atoms with Gasteiger partial charge in [-0.2, -0.15) is 0 Å². The van der Waals surface area contributed by atoms with Crippen molar-refractivity contribution in [2.75, 3.05) is 0 Å². The molecule has 0 radical (unpaired) electrons. The average Bonchev–Trinajstić information content (AvgIpc) is 2.52. The molecule has 0 saturated carbocycles. The molecule has 0 fully saturated rings. The summed E-state index contributed by atoms with van der Waals surface area (Å²) in [7, 11) is 0. The first-order valence-corrected chi connectivity index (χ1v) is 8.04. The molecule has 2 nitrogen and oxygen atoms in total. The number of Topliss-reactive ketones (excluding diaryl/α,β-unsaturated/α-hetero) is 1. The molecule has 2 aromatic rings. The zero-order valence-electron chi connectivity index (χ0n) is 13.5. The van der Waals surface area contributed by atoms with E-state index >= 15 is 0 Å². The molecule has 0 heterocycles. The third kappa shape index (κ3) is 2.84. The third-order valence-corrected chi connectivity index (χ3v) is 4.45. The van der Waals surface area contributed by atoms with Gasteiger partial charge in [-0.15, -0.1) is 0 Å². The van der Waals surface area contributed by atoms with Gasteiger partial charge in [0.15, 0.2) is 5.78 Å². The fourth-order valence-electron chi connectivity index (χ4n) is 3.31. The summed E-state index contributed by atoms with van der Waals surface area (Å²) in [4.78, 5) is 12.6. The molecule has 0 aliphatic heterocycles. The molecule has 0 aromatic heterocycles. The summed E-state index contributed by atoms with van der Waals surface area (Å²) in [5.74, 6) is 0.273. The molecule has 3 rings (SSSR count). The van der Waals surface area contributed by atoms with Crippen molar-refractivity contribution in [3.05, 3.63) is 59.7 Å². The summed E-state index contributed by atoms with van der Waals surface area (Å²) < 4.78 is 0. The first kappa shape index (κ1) is 15.0. The van der Waals surface area contributed by atoms with Crippen LogP contribution in [0.4, 0.5) is 0 Å². The van der Waals surface area contributed by atoms with E-state index in [1.54, 1.807) is 0 Å². The standard InChI is InChI=1S/C20H23NO/c1-13(2)21-19-12-17-10-9-16(15-7-5-4-6-8-15)11-18(17)14(3)20(19)22/h4-11,13-14,19,21H,12H2,1-3H3/t14-,19?/m0/s1. The van der Waals surface area contributed by atoms with Crippen LogP contribution < -0.4 is 5.32 Å². The number of fused-ring (bicyclic) bond motifs is 1. The van der Waals surface area contributed by atoms with E-state index in [1.807, 2.05) is 25.1 Å². The number of hydrogen-bond acceptors (Lipinski definition) is 2. The van der Waals surface area contributed by atoms with Crippen LogP contribution in [0.2, 0.25) is 0 Å². The minimum absolute atomic E-state index is 0.0383. The summed E-state index contributed by atoms with van der Waals surface area (Å²) in [5.41, 5.74) is 4.87. The van der Waals surface area contributed by atoms with E-state index in [0.29, 0.717) is 11.8 Å². The van der Waals surface area contributed by atoms with E-state index in [0.717, 1.165) is 6.42 Å². The Kier molecular flexibility index (Phi) is 4.12. The maximum Gasteiger partial charge on any atom is 0.157 e. The molecule has 2 atom stereocenters. The van der Waals surface area contributed by atoms with Crippen molar-refractivity contribution >= 4 is 5.78 Å². The second kappa shape index (κ2) is 6.05. The Morgan fingerprint density at radius 3 is 2.45 bits per heavy atom. The maximum atomic E-state index is 12.6. The molecule has 0 spiro atoms. The molecular formula is C20H23NO. The van der Waals surface area contributed by atoms with Crippen LogP contribution in [0.15, 0.2) is 48.5 Å². The molecule has 2 heteroatoms. The molecule has 1 N–H and O–H groups in total. The molecule has 114 valence electrons. The Balaban J connectivity index is 1.95. The van der Waals surface area contributed by atoms with Crippen LogP contribution in [0.25, 0.3) is 11.1 Å². The van der Waals surface area contributed by atoms with E-state index in [-0.39, 0.29) is 12.0 Å². The van der Waals surface area contributed by atoms with Crippen LogP contribution in [0.1, 0.15) is 37.8 Å². The number of benzene rings is 2. The van der Waals surface area contributed by atoms with Gasteiger partial charge in [0, 0.05) is 12.0 Å². The Labute approximate surface area is 132 Å². The highest BCUT2D eigenvalue weighted by Crippen LogP contribution is 2.32. The molecule has 1 aliphatic rings. The van der Waals surface area contributed by atoms with Gasteiger partial charge in [-0.1, -0.05) is 69.3 Å². The Hall–Kier alpha value is -1.93. The zero-order valence-corrected chi connectivity index (χ0v) is 13.5. The third-order valence-electron chi connectivity index (χ3n) is 4.45. The average molecular weight is 293 g/mol. The Morgan fingerprint density at radius 1 is 1.05 bits per heavy atom. The maximum absolute atomic E-state index is 12.6. The molecule has 0 amide bonds. The quantitative estimate of drug-likeness (QED) is 0.928. The van der Waals surface area contributed by atoms with Gasteiger partial charge in [0.25, 0.3) is 0 Å². The minimum Gasteiger partial charge on any atom is -0.305 e. The summed E-state index contributed by atoms with van der Waals surface area (Å²) in [6, 6.07) is 17.2. The SMILES string of the molecule is CC(C)NC1Cc2ccc(-c3ccccc3)cc2[C@H](C)C1=O. The van der Waals surface area contributed by atoms with Crippen molar-refractivity contribution in [1.82, 2.24) is 5.32 Å². The number of hydrogen-bond donors (Lipinski definition) is 1. The molecule has 1 unspecified atom stereocenters. The van der Waals surface area contributed by atoms with Crippen molar-refractivity contribution in [3.8, 4) is 11.1 Å². The minimum atomic E-state index is -0.0509. The van der Waals surface area contributed by atoms with E-state index in [4.69, 9.17) is 0 Å². The second-order valence-electron chi connectivity index (χ2n) is 6.48. The first-order chi connectivity index (χ1) is 10.6. The number of carbonyl (C=O) groups excluding carboxylic acids is 1. The number of nitrogens with one attached hydrogen (secondary N) is 1.